The van der Waals surface area contributed by atoms with Crippen molar-refractivity contribution >= 4 is 17.9 Å². The number of urea groups is 1. The molecule has 0 aliphatic heterocycles. The average Bonchev–Trinajstić information content (AvgIpc) is 2.90. The Morgan fingerprint density at radius 2 is 1.80 bits per heavy atom. The highest BCUT2D eigenvalue weighted by Crippen LogP contribution is 2.38. The molecule has 0 spiro atoms. The fourth-order valence-corrected chi connectivity index (χ4v) is 1.26. The summed E-state index contributed by atoms with van der Waals surface area (Å²) in [5, 5.41) is 13.4. The Morgan fingerprint density at radius 3 is 2.27 bits per heavy atom. The third kappa shape index (κ3) is 3.45. The Balaban J connectivity index is 2.10. The van der Waals surface area contributed by atoms with Crippen LogP contribution in [0.15, 0.2) is 0 Å². The van der Waals surface area contributed by atoms with Crippen LogP contribution < -0.4 is 16.4 Å². The van der Waals surface area contributed by atoms with Crippen LogP contribution in [-0.2, 0) is 9.59 Å². The first-order valence-electron chi connectivity index (χ1n) is 4.56. The average molecular weight is 215 g/mol. The van der Waals surface area contributed by atoms with Gasteiger partial charge in [-0.15, -0.1) is 0 Å². The standard InChI is InChI=1S/C8H13N3O4/c9-8(15)11-2-1-10-6(12)4-3-5(4)7(13)14/h4-5H,1-3H2,(H,10,12)(H,13,14)(H3,9,11,15)/t4-,5+/m1/s1. The lowest BCUT2D eigenvalue weighted by Crippen LogP contribution is -2.38. The molecule has 0 aromatic heterocycles. The Bertz CT molecular complexity index is 292. The van der Waals surface area contributed by atoms with Gasteiger partial charge in [-0.1, -0.05) is 0 Å². The minimum atomic E-state index is -0.939. The number of nitrogens with two attached hydrogens (primary N) is 1. The molecule has 0 bridgehead atoms. The van der Waals surface area contributed by atoms with E-state index < -0.39 is 23.8 Å². The van der Waals surface area contributed by atoms with Gasteiger partial charge in [-0.25, -0.2) is 4.79 Å². The molecule has 3 amide bonds. The number of primary amides is 1. The molecule has 0 radical (unpaired) electrons. The number of carboxylic acids is 1. The maximum Gasteiger partial charge on any atom is 0.312 e. The zero-order valence-corrected chi connectivity index (χ0v) is 8.03. The van der Waals surface area contributed by atoms with Crippen LogP contribution in [0.25, 0.3) is 0 Å². The van der Waals surface area contributed by atoms with E-state index in [0.717, 1.165) is 0 Å². The summed E-state index contributed by atoms with van der Waals surface area (Å²) < 4.78 is 0. The van der Waals surface area contributed by atoms with E-state index in [4.69, 9.17) is 10.8 Å². The van der Waals surface area contributed by atoms with Gasteiger partial charge in [0.25, 0.3) is 0 Å². The number of rotatable bonds is 5. The van der Waals surface area contributed by atoms with E-state index in [0.29, 0.717) is 6.42 Å². The third-order valence-corrected chi connectivity index (χ3v) is 2.17. The van der Waals surface area contributed by atoms with Crippen LogP contribution in [-0.4, -0.2) is 36.1 Å². The first-order chi connectivity index (χ1) is 7.02. The smallest absolute Gasteiger partial charge is 0.312 e. The van der Waals surface area contributed by atoms with Crippen LogP contribution in [0, 0.1) is 11.8 Å². The number of hydrogen-bond acceptors (Lipinski definition) is 3. The van der Waals surface area contributed by atoms with Gasteiger partial charge in [0.1, 0.15) is 0 Å². The van der Waals surface area contributed by atoms with Crippen LogP contribution in [0.5, 0.6) is 0 Å². The van der Waals surface area contributed by atoms with Gasteiger partial charge >= 0.3 is 12.0 Å². The fourth-order valence-electron chi connectivity index (χ4n) is 1.26. The van der Waals surface area contributed by atoms with E-state index >= 15 is 0 Å². The Labute approximate surface area is 86.0 Å². The molecule has 1 rings (SSSR count). The number of amides is 3. The minimum Gasteiger partial charge on any atom is -0.481 e. The Hall–Kier alpha value is -1.79. The van der Waals surface area contributed by atoms with Gasteiger partial charge < -0.3 is 21.5 Å². The van der Waals surface area contributed by atoms with Crippen molar-refractivity contribution in [1.82, 2.24) is 10.6 Å². The molecule has 5 N–H and O–H groups in total. The summed E-state index contributed by atoms with van der Waals surface area (Å²) in [5.41, 5.74) is 4.80. The molecule has 7 nitrogen and oxygen atoms in total. The molecule has 0 saturated heterocycles. The fraction of sp³-hybridized carbons (Fsp3) is 0.625. The van der Waals surface area contributed by atoms with E-state index in [1.165, 1.54) is 0 Å². The lowest BCUT2D eigenvalue weighted by atomic mass is 10.3. The molecule has 0 aromatic carbocycles. The maximum atomic E-state index is 11.2. The minimum absolute atomic E-state index is 0.242. The van der Waals surface area contributed by atoms with Crippen molar-refractivity contribution < 1.29 is 19.5 Å². The topological polar surface area (TPSA) is 122 Å². The van der Waals surface area contributed by atoms with E-state index in [2.05, 4.69) is 10.6 Å². The highest BCUT2D eigenvalue weighted by atomic mass is 16.4. The lowest BCUT2D eigenvalue weighted by molar-refractivity contribution is -0.140. The predicted molar refractivity (Wildman–Crippen MR) is 49.8 cm³/mol. The summed E-state index contributed by atoms with van der Waals surface area (Å²) in [6.07, 6.45) is 0.393. The number of carboxylic acid groups (broad SMARTS) is 1. The van der Waals surface area contributed by atoms with Gasteiger partial charge in [0.05, 0.1) is 11.8 Å². The van der Waals surface area contributed by atoms with Crippen LogP contribution in [0.1, 0.15) is 6.42 Å². The molecule has 0 aromatic rings. The monoisotopic (exact) mass is 215 g/mol. The van der Waals surface area contributed by atoms with Gasteiger partial charge in [0, 0.05) is 13.1 Å². The van der Waals surface area contributed by atoms with Crippen molar-refractivity contribution in [3.63, 3.8) is 0 Å². The molecule has 1 aliphatic carbocycles. The summed E-state index contributed by atoms with van der Waals surface area (Å²) in [6, 6.07) is -0.654. The van der Waals surface area contributed by atoms with Gasteiger partial charge in [0.15, 0.2) is 0 Å². The molecule has 7 heteroatoms. The van der Waals surface area contributed by atoms with Crippen molar-refractivity contribution in [1.29, 1.82) is 0 Å². The highest BCUT2D eigenvalue weighted by molar-refractivity contribution is 5.89. The zero-order valence-electron chi connectivity index (χ0n) is 8.03. The summed E-state index contributed by atoms with van der Waals surface area (Å²) in [5.74, 6) is -2.19. The molecule has 1 fully saturated rings. The first kappa shape index (κ1) is 11.3. The normalized spacial score (nSPS) is 22.9. The van der Waals surface area contributed by atoms with Crippen molar-refractivity contribution in [3.8, 4) is 0 Å². The zero-order chi connectivity index (χ0) is 11.4. The molecule has 1 saturated carbocycles. The van der Waals surface area contributed by atoms with Crippen LogP contribution in [0.2, 0.25) is 0 Å². The number of hydrogen-bond donors (Lipinski definition) is 4. The second kappa shape index (κ2) is 4.63. The van der Waals surface area contributed by atoms with Gasteiger partial charge in [-0.05, 0) is 6.42 Å². The van der Waals surface area contributed by atoms with E-state index in [1.54, 1.807) is 0 Å². The molecule has 84 valence electrons. The van der Waals surface area contributed by atoms with Crippen molar-refractivity contribution in [2.75, 3.05) is 13.1 Å². The van der Waals surface area contributed by atoms with Gasteiger partial charge in [0.2, 0.25) is 5.91 Å². The molecule has 0 unspecified atom stereocenters. The number of aliphatic carboxylic acids is 1. The highest BCUT2D eigenvalue weighted by Gasteiger charge is 2.48. The van der Waals surface area contributed by atoms with Crippen molar-refractivity contribution in [2.45, 2.75) is 6.42 Å². The van der Waals surface area contributed by atoms with Crippen molar-refractivity contribution in [2.24, 2.45) is 17.6 Å². The number of carbonyl (C=O) groups excluding carboxylic acids is 2. The van der Waals surface area contributed by atoms with E-state index in [9.17, 15) is 14.4 Å². The molecule has 0 heterocycles. The largest absolute Gasteiger partial charge is 0.481 e. The maximum absolute atomic E-state index is 11.2. The SMILES string of the molecule is NC(=O)NCCNC(=O)[C@@H]1C[C@@H]1C(=O)O. The third-order valence-electron chi connectivity index (χ3n) is 2.17. The van der Waals surface area contributed by atoms with Gasteiger partial charge in [-0.2, -0.15) is 0 Å². The Morgan fingerprint density at radius 1 is 1.20 bits per heavy atom. The Kier molecular flexibility index (Phi) is 3.48. The first-order valence-corrected chi connectivity index (χ1v) is 4.56. The molecule has 2 atom stereocenters. The molecule has 1 aliphatic rings. The van der Waals surface area contributed by atoms with Crippen molar-refractivity contribution in [3.05, 3.63) is 0 Å². The summed E-state index contributed by atoms with van der Waals surface area (Å²) >= 11 is 0. The second-order valence-corrected chi connectivity index (χ2v) is 3.37. The second-order valence-electron chi connectivity index (χ2n) is 3.37. The van der Waals surface area contributed by atoms with E-state index in [1.807, 2.05) is 0 Å². The van der Waals surface area contributed by atoms with E-state index in [-0.39, 0.29) is 19.0 Å². The number of nitrogens with one attached hydrogen (secondary N) is 2. The quantitative estimate of drug-likeness (QED) is 0.416. The summed E-state index contributed by atoms with van der Waals surface area (Å²) in [6.45, 7) is 0.496. The summed E-state index contributed by atoms with van der Waals surface area (Å²) in [4.78, 5) is 31.9. The summed E-state index contributed by atoms with van der Waals surface area (Å²) in [7, 11) is 0. The van der Waals surface area contributed by atoms with Crippen LogP contribution in [0.3, 0.4) is 0 Å². The van der Waals surface area contributed by atoms with Gasteiger partial charge in [-0.3, -0.25) is 9.59 Å². The molecule has 15 heavy (non-hydrogen) atoms. The lowest BCUT2D eigenvalue weighted by Gasteiger charge is -2.04. The number of carbonyl (C=O) groups is 3. The van der Waals surface area contributed by atoms with Crippen LogP contribution in [0.4, 0.5) is 4.79 Å². The molecular formula is C8H13N3O4. The van der Waals surface area contributed by atoms with Crippen LogP contribution >= 0.6 is 0 Å². The predicted octanol–water partition coefficient (Wildman–Crippen LogP) is -1.51. The molecular weight excluding hydrogens is 202 g/mol.